The predicted molar refractivity (Wildman–Crippen MR) is 121 cm³/mol. The Morgan fingerprint density at radius 2 is 1.79 bits per heavy atom. The van der Waals surface area contributed by atoms with E-state index in [0.29, 0.717) is 40.7 Å². The Morgan fingerprint density at radius 3 is 2.48 bits per heavy atom. The second-order valence-electron chi connectivity index (χ2n) is 7.72. The number of carbonyl (C=O) groups excluding carboxylic acids is 1. The SMILES string of the molecule is COc1cc(-c2cc(C(=O)NCCn3nc4c(cc3=O)CCCC4)[nH]n2)cc(OC)c1OC. The van der Waals surface area contributed by atoms with E-state index in [1.165, 1.54) is 26.0 Å². The van der Waals surface area contributed by atoms with Gasteiger partial charge < -0.3 is 19.5 Å². The summed E-state index contributed by atoms with van der Waals surface area (Å²) in [6, 6.07) is 6.82. The molecule has 4 rings (SSSR count). The highest BCUT2D eigenvalue weighted by Gasteiger charge is 2.17. The maximum Gasteiger partial charge on any atom is 0.269 e. The van der Waals surface area contributed by atoms with Gasteiger partial charge in [0.2, 0.25) is 5.75 Å². The van der Waals surface area contributed by atoms with Crippen LogP contribution in [-0.2, 0) is 19.4 Å². The van der Waals surface area contributed by atoms with Gasteiger partial charge in [-0.15, -0.1) is 0 Å². The highest BCUT2D eigenvalue weighted by Crippen LogP contribution is 2.40. The molecule has 1 aliphatic rings. The molecule has 1 aromatic carbocycles. The Labute approximate surface area is 190 Å². The lowest BCUT2D eigenvalue weighted by Gasteiger charge is -2.15. The van der Waals surface area contributed by atoms with Gasteiger partial charge in [-0.3, -0.25) is 14.7 Å². The fourth-order valence-electron chi connectivity index (χ4n) is 3.95. The molecule has 2 aromatic heterocycles. The third-order valence-electron chi connectivity index (χ3n) is 5.67. The van der Waals surface area contributed by atoms with E-state index in [9.17, 15) is 9.59 Å². The highest BCUT2D eigenvalue weighted by atomic mass is 16.5. The molecular weight excluding hydrogens is 426 g/mol. The van der Waals surface area contributed by atoms with Crippen LogP contribution in [0.4, 0.5) is 0 Å². The van der Waals surface area contributed by atoms with Crippen molar-refractivity contribution in [2.45, 2.75) is 32.2 Å². The van der Waals surface area contributed by atoms with Crippen LogP contribution < -0.4 is 25.1 Å². The van der Waals surface area contributed by atoms with Crippen LogP contribution in [0.5, 0.6) is 17.2 Å². The minimum Gasteiger partial charge on any atom is -0.493 e. The van der Waals surface area contributed by atoms with Gasteiger partial charge in [0.05, 0.1) is 39.3 Å². The van der Waals surface area contributed by atoms with Crippen LogP contribution in [0.3, 0.4) is 0 Å². The Balaban J connectivity index is 1.43. The number of aryl methyl sites for hydroxylation is 2. The molecule has 10 heteroatoms. The zero-order chi connectivity index (χ0) is 23.4. The standard InChI is InChI=1S/C23H27N5O5/c1-31-19-10-15(11-20(32-2)22(19)33-3)17-13-18(26-25-17)23(30)24-8-9-28-21(29)12-14-6-4-5-7-16(14)27-28/h10-13H,4-9H2,1-3H3,(H,24,30)(H,25,26). The molecule has 0 atom stereocenters. The molecule has 0 spiro atoms. The van der Waals surface area contributed by atoms with Gasteiger partial charge in [-0.2, -0.15) is 10.2 Å². The minimum absolute atomic E-state index is 0.142. The number of ether oxygens (including phenoxy) is 3. The number of aromatic nitrogens is 4. The third kappa shape index (κ3) is 4.69. The van der Waals surface area contributed by atoms with E-state index in [1.807, 2.05) is 0 Å². The molecule has 0 saturated heterocycles. The average molecular weight is 453 g/mol. The largest absolute Gasteiger partial charge is 0.493 e. The summed E-state index contributed by atoms with van der Waals surface area (Å²) < 4.78 is 17.5. The summed E-state index contributed by atoms with van der Waals surface area (Å²) in [7, 11) is 4.60. The number of hydrogen-bond acceptors (Lipinski definition) is 7. The lowest BCUT2D eigenvalue weighted by atomic mass is 9.97. The van der Waals surface area contributed by atoms with Crippen molar-refractivity contribution in [3.05, 3.63) is 51.6 Å². The Hall–Kier alpha value is -3.82. The average Bonchev–Trinajstić information content (AvgIpc) is 3.33. The molecular formula is C23H27N5O5. The Morgan fingerprint density at radius 1 is 1.06 bits per heavy atom. The van der Waals surface area contributed by atoms with Crippen LogP contribution in [-0.4, -0.2) is 53.8 Å². The first-order valence-electron chi connectivity index (χ1n) is 10.8. The predicted octanol–water partition coefficient (Wildman–Crippen LogP) is 1.97. The lowest BCUT2D eigenvalue weighted by molar-refractivity contribution is 0.0946. The number of carbonyl (C=O) groups is 1. The second kappa shape index (κ2) is 9.76. The maximum absolute atomic E-state index is 12.6. The number of benzene rings is 1. The monoisotopic (exact) mass is 453 g/mol. The molecule has 0 unspecified atom stereocenters. The van der Waals surface area contributed by atoms with Crippen LogP contribution in [0.15, 0.2) is 29.1 Å². The molecule has 0 bridgehead atoms. The number of hydrogen-bond donors (Lipinski definition) is 2. The van der Waals surface area contributed by atoms with Crippen molar-refractivity contribution < 1.29 is 19.0 Å². The molecule has 33 heavy (non-hydrogen) atoms. The van der Waals surface area contributed by atoms with Gasteiger partial charge in [-0.05, 0) is 49.4 Å². The number of fused-ring (bicyclic) bond motifs is 1. The number of H-pyrrole nitrogens is 1. The van der Waals surface area contributed by atoms with Crippen LogP contribution >= 0.6 is 0 Å². The molecule has 2 N–H and O–H groups in total. The normalized spacial score (nSPS) is 12.7. The first-order valence-corrected chi connectivity index (χ1v) is 10.8. The summed E-state index contributed by atoms with van der Waals surface area (Å²) in [5, 5.41) is 14.3. The summed E-state index contributed by atoms with van der Waals surface area (Å²) in [6.45, 7) is 0.564. The smallest absolute Gasteiger partial charge is 0.269 e. The van der Waals surface area contributed by atoms with Gasteiger partial charge in [0.25, 0.3) is 11.5 Å². The first-order chi connectivity index (χ1) is 16.0. The van der Waals surface area contributed by atoms with E-state index < -0.39 is 0 Å². The maximum atomic E-state index is 12.6. The Bertz CT molecular complexity index is 1190. The fraction of sp³-hybridized carbons (Fsp3) is 0.391. The van der Waals surface area contributed by atoms with Gasteiger partial charge in [0.15, 0.2) is 11.5 Å². The van der Waals surface area contributed by atoms with Crippen molar-refractivity contribution >= 4 is 5.91 Å². The van der Waals surface area contributed by atoms with Crippen LogP contribution in [0.25, 0.3) is 11.3 Å². The van der Waals surface area contributed by atoms with Gasteiger partial charge in [-0.1, -0.05) is 0 Å². The molecule has 0 aliphatic heterocycles. The summed E-state index contributed by atoms with van der Waals surface area (Å²) in [5.74, 6) is 1.13. The number of nitrogens with one attached hydrogen (secondary N) is 2. The molecule has 10 nitrogen and oxygen atoms in total. The van der Waals surface area contributed by atoms with Crippen LogP contribution in [0, 0.1) is 0 Å². The first kappa shape index (κ1) is 22.4. The molecule has 174 valence electrons. The number of nitrogens with zero attached hydrogens (tertiary/aromatic N) is 3. The molecule has 1 aliphatic carbocycles. The highest BCUT2D eigenvalue weighted by molar-refractivity contribution is 5.93. The zero-order valence-electron chi connectivity index (χ0n) is 18.9. The van der Waals surface area contributed by atoms with Crippen LogP contribution in [0.2, 0.25) is 0 Å². The second-order valence-corrected chi connectivity index (χ2v) is 7.72. The van der Waals surface area contributed by atoms with Crippen molar-refractivity contribution in [1.29, 1.82) is 0 Å². The van der Waals surface area contributed by atoms with Crippen molar-refractivity contribution in [2.24, 2.45) is 0 Å². The molecule has 0 fully saturated rings. The lowest BCUT2D eigenvalue weighted by Crippen LogP contribution is -2.33. The molecule has 2 heterocycles. The van der Waals surface area contributed by atoms with E-state index in [4.69, 9.17) is 14.2 Å². The van der Waals surface area contributed by atoms with Gasteiger partial charge in [-0.25, -0.2) is 4.68 Å². The summed E-state index contributed by atoms with van der Waals surface area (Å²) in [5.41, 5.74) is 3.43. The quantitative estimate of drug-likeness (QED) is 0.535. The molecule has 3 aromatic rings. The van der Waals surface area contributed by atoms with Crippen molar-refractivity contribution in [3.63, 3.8) is 0 Å². The van der Waals surface area contributed by atoms with E-state index in [2.05, 4.69) is 20.6 Å². The van der Waals surface area contributed by atoms with E-state index >= 15 is 0 Å². The molecule has 0 saturated carbocycles. The number of aromatic amines is 1. The fourth-order valence-corrected chi connectivity index (χ4v) is 3.95. The number of amides is 1. The summed E-state index contributed by atoms with van der Waals surface area (Å²) >= 11 is 0. The summed E-state index contributed by atoms with van der Waals surface area (Å²) in [4.78, 5) is 24.9. The van der Waals surface area contributed by atoms with Crippen molar-refractivity contribution in [2.75, 3.05) is 27.9 Å². The van der Waals surface area contributed by atoms with Gasteiger partial charge >= 0.3 is 0 Å². The van der Waals surface area contributed by atoms with Crippen molar-refractivity contribution in [3.8, 4) is 28.5 Å². The van der Waals surface area contributed by atoms with E-state index in [-0.39, 0.29) is 18.0 Å². The Kier molecular flexibility index (Phi) is 6.62. The number of rotatable bonds is 8. The zero-order valence-corrected chi connectivity index (χ0v) is 18.9. The van der Waals surface area contributed by atoms with Crippen molar-refractivity contribution in [1.82, 2.24) is 25.3 Å². The van der Waals surface area contributed by atoms with Gasteiger partial charge in [0.1, 0.15) is 5.69 Å². The minimum atomic E-state index is -0.327. The molecule has 0 radical (unpaired) electrons. The van der Waals surface area contributed by atoms with E-state index in [1.54, 1.807) is 24.3 Å². The third-order valence-corrected chi connectivity index (χ3v) is 5.67. The van der Waals surface area contributed by atoms with E-state index in [0.717, 1.165) is 36.9 Å². The van der Waals surface area contributed by atoms with Gasteiger partial charge in [0, 0.05) is 18.2 Å². The molecule has 1 amide bonds. The number of methoxy groups -OCH3 is 3. The van der Waals surface area contributed by atoms with Crippen LogP contribution in [0.1, 0.15) is 34.6 Å². The summed E-state index contributed by atoms with van der Waals surface area (Å²) in [6.07, 6.45) is 3.97. The topological polar surface area (TPSA) is 120 Å².